The normalized spacial score (nSPS) is 10.6. The molecule has 16 heavy (non-hydrogen) atoms. The Kier molecular flexibility index (Phi) is 7.57. The third-order valence-electron chi connectivity index (χ3n) is 2.94. The van der Waals surface area contributed by atoms with Crippen LogP contribution in [0.25, 0.3) is 0 Å². The molecule has 0 heterocycles. The van der Waals surface area contributed by atoms with E-state index in [4.69, 9.17) is 5.26 Å². The van der Waals surface area contributed by atoms with Gasteiger partial charge in [0.2, 0.25) is 5.91 Å². The molecule has 0 aromatic heterocycles. The molecular formula is C12H23N3O. The van der Waals surface area contributed by atoms with Crippen molar-refractivity contribution in [3.05, 3.63) is 0 Å². The van der Waals surface area contributed by atoms with E-state index in [0.717, 1.165) is 12.8 Å². The van der Waals surface area contributed by atoms with Gasteiger partial charge in [0.15, 0.2) is 0 Å². The summed E-state index contributed by atoms with van der Waals surface area (Å²) in [4.78, 5) is 15.5. The van der Waals surface area contributed by atoms with Crippen molar-refractivity contribution < 1.29 is 4.79 Å². The molecule has 0 N–H and O–H groups in total. The summed E-state index contributed by atoms with van der Waals surface area (Å²) in [6.45, 7) is 5.23. The fourth-order valence-electron chi connectivity index (χ4n) is 1.72. The van der Waals surface area contributed by atoms with Gasteiger partial charge < -0.3 is 4.90 Å². The topological polar surface area (TPSA) is 47.3 Å². The number of carbonyl (C=O) groups is 1. The summed E-state index contributed by atoms with van der Waals surface area (Å²) in [5.41, 5.74) is 0. The minimum Gasteiger partial charge on any atom is -0.344 e. The first-order valence-corrected chi connectivity index (χ1v) is 5.87. The summed E-state index contributed by atoms with van der Waals surface area (Å²) in [6, 6.07) is 2.51. The zero-order valence-electron chi connectivity index (χ0n) is 10.9. The Morgan fingerprint density at radius 2 is 1.88 bits per heavy atom. The molecule has 0 aliphatic carbocycles. The van der Waals surface area contributed by atoms with Crippen LogP contribution >= 0.6 is 0 Å². The number of amides is 1. The molecule has 0 saturated heterocycles. The third kappa shape index (κ3) is 5.13. The van der Waals surface area contributed by atoms with Crippen molar-refractivity contribution in [2.45, 2.75) is 39.2 Å². The maximum Gasteiger partial charge on any atom is 0.236 e. The lowest BCUT2D eigenvalue weighted by Crippen LogP contribution is -2.41. The lowest BCUT2D eigenvalue weighted by molar-refractivity contribution is -0.131. The van der Waals surface area contributed by atoms with E-state index in [2.05, 4.69) is 18.7 Å². The van der Waals surface area contributed by atoms with E-state index >= 15 is 0 Å². The first kappa shape index (κ1) is 14.9. The number of rotatable bonds is 7. The standard InChI is InChI=1S/C12H23N3O/c1-5-11(6-2)15(4)10-12(16)14(3)9-7-8-13/h11H,5-7,9-10H2,1-4H3. The second-order valence-corrected chi connectivity index (χ2v) is 4.11. The highest BCUT2D eigenvalue weighted by atomic mass is 16.2. The molecule has 4 heteroatoms. The van der Waals surface area contributed by atoms with E-state index in [1.165, 1.54) is 0 Å². The lowest BCUT2D eigenvalue weighted by atomic mass is 10.1. The van der Waals surface area contributed by atoms with E-state index in [1.54, 1.807) is 11.9 Å². The molecule has 0 saturated carbocycles. The SMILES string of the molecule is CCC(CC)N(C)CC(=O)N(C)CCC#N. The van der Waals surface area contributed by atoms with Crippen LogP contribution in [0.3, 0.4) is 0 Å². The Balaban J connectivity index is 4.07. The highest BCUT2D eigenvalue weighted by Crippen LogP contribution is 2.06. The fourth-order valence-corrected chi connectivity index (χ4v) is 1.72. The van der Waals surface area contributed by atoms with Crippen molar-refractivity contribution in [1.82, 2.24) is 9.80 Å². The predicted octanol–water partition coefficient (Wildman–Crippen LogP) is 1.48. The van der Waals surface area contributed by atoms with Crippen molar-refractivity contribution in [3.8, 4) is 6.07 Å². The quantitative estimate of drug-likeness (QED) is 0.659. The minimum atomic E-state index is 0.0876. The molecule has 4 nitrogen and oxygen atoms in total. The van der Waals surface area contributed by atoms with Crippen molar-refractivity contribution in [2.75, 3.05) is 27.2 Å². The molecule has 0 atom stereocenters. The van der Waals surface area contributed by atoms with Gasteiger partial charge in [-0.15, -0.1) is 0 Å². The highest BCUT2D eigenvalue weighted by molar-refractivity contribution is 5.77. The van der Waals surface area contributed by atoms with Crippen molar-refractivity contribution in [2.24, 2.45) is 0 Å². The highest BCUT2D eigenvalue weighted by Gasteiger charge is 2.16. The molecule has 0 fully saturated rings. The largest absolute Gasteiger partial charge is 0.344 e. The first-order chi connectivity index (χ1) is 7.56. The van der Waals surface area contributed by atoms with Crippen LogP contribution in [0.5, 0.6) is 0 Å². The van der Waals surface area contributed by atoms with Gasteiger partial charge in [-0.05, 0) is 19.9 Å². The van der Waals surface area contributed by atoms with Gasteiger partial charge in [-0.25, -0.2) is 0 Å². The maximum atomic E-state index is 11.8. The molecule has 1 amide bonds. The van der Waals surface area contributed by atoms with E-state index in [9.17, 15) is 4.79 Å². The second kappa shape index (κ2) is 8.12. The Morgan fingerprint density at radius 3 is 2.31 bits per heavy atom. The van der Waals surface area contributed by atoms with Crippen LogP contribution in [0, 0.1) is 11.3 Å². The summed E-state index contributed by atoms with van der Waals surface area (Å²) < 4.78 is 0. The van der Waals surface area contributed by atoms with Crippen LogP contribution in [0.4, 0.5) is 0 Å². The Labute approximate surface area is 98.8 Å². The summed E-state index contributed by atoms with van der Waals surface area (Å²) in [5, 5.41) is 8.44. The first-order valence-electron chi connectivity index (χ1n) is 5.87. The predicted molar refractivity (Wildman–Crippen MR) is 64.9 cm³/mol. The maximum absolute atomic E-state index is 11.8. The number of nitriles is 1. The number of carbonyl (C=O) groups excluding carboxylic acids is 1. The lowest BCUT2D eigenvalue weighted by Gasteiger charge is -2.27. The van der Waals surface area contributed by atoms with Gasteiger partial charge in [-0.3, -0.25) is 9.69 Å². The molecule has 0 aromatic rings. The molecule has 0 aromatic carbocycles. The van der Waals surface area contributed by atoms with Gasteiger partial charge in [0.05, 0.1) is 19.0 Å². The Hall–Kier alpha value is -1.08. The molecule has 0 aliphatic rings. The van der Waals surface area contributed by atoms with Crippen molar-refractivity contribution in [3.63, 3.8) is 0 Å². The van der Waals surface area contributed by atoms with Crippen LogP contribution in [0.15, 0.2) is 0 Å². The van der Waals surface area contributed by atoms with Gasteiger partial charge in [0, 0.05) is 19.6 Å². The van der Waals surface area contributed by atoms with Crippen molar-refractivity contribution in [1.29, 1.82) is 5.26 Å². The molecule has 0 unspecified atom stereocenters. The third-order valence-corrected chi connectivity index (χ3v) is 2.94. The number of hydrogen-bond donors (Lipinski definition) is 0. The molecule has 0 bridgehead atoms. The van der Waals surface area contributed by atoms with E-state index in [-0.39, 0.29) is 5.91 Å². The average Bonchev–Trinajstić information content (AvgIpc) is 2.27. The van der Waals surface area contributed by atoms with Gasteiger partial charge in [-0.2, -0.15) is 5.26 Å². The van der Waals surface area contributed by atoms with Crippen LogP contribution in [-0.2, 0) is 4.79 Å². The van der Waals surface area contributed by atoms with E-state index in [1.807, 2.05) is 13.1 Å². The van der Waals surface area contributed by atoms with E-state index < -0.39 is 0 Å². The Morgan fingerprint density at radius 1 is 1.31 bits per heavy atom. The Bertz CT molecular complexity index is 243. The summed E-state index contributed by atoms with van der Waals surface area (Å²) in [5.74, 6) is 0.0876. The molecule has 0 rings (SSSR count). The fraction of sp³-hybridized carbons (Fsp3) is 0.833. The average molecular weight is 225 g/mol. The zero-order valence-corrected chi connectivity index (χ0v) is 10.9. The number of hydrogen-bond acceptors (Lipinski definition) is 3. The zero-order chi connectivity index (χ0) is 12.6. The van der Waals surface area contributed by atoms with Crippen LogP contribution in [-0.4, -0.2) is 48.9 Å². The van der Waals surface area contributed by atoms with Crippen LogP contribution < -0.4 is 0 Å². The molecule has 0 aliphatic heterocycles. The minimum absolute atomic E-state index is 0.0876. The van der Waals surface area contributed by atoms with Crippen LogP contribution in [0.2, 0.25) is 0 Å². The van der Waals surface area contributed by atoms with Gasteiger partial charge in [0.25, 0.3) is 0 Å². The molecule has 92 valence electrons. The van der Waals surface area contributed by atoms with Gasteiger partial charge >= 0.3 is 0 Å². The number of likely N-dealkylation sites (N-methyl/N-ethyl adjacent to an activating group) is 2. The summed E-state index contributed by atoms with van der Waals surface area (Å²) >= 11 is 0. The van der Waals surface area contributed by atoms with Crippen molar-refractivity contribution >= 4 is 5.91 Å². The summed E-state index contributed by atoms with van der Waals surface area (Å²) in [6.07, 6.45) is 2.52. The summed E-state index contributed by atoms with van der Waals surface area (Å²) in [7, 11) is 3.73. The van der Waals surface area contributed by atoms with Crippen LogP contribution in [0.1, 0.15) is 33.1 Å². The molecule has 0 spiro atoms. The monoisotopic (exact) mass is 225 g/mol. The second-order valence-electron chi connectivity index (χ2n) is 4.11. The molecule has 0 radical (unpaired) electrons. The van der Waals surface area contributed by atoms with Gasteiger partial charge in [0.1, 0.15) is 0 Å². The van der Waals surface area contributed by atoms with Gasteiger partial charge in [-0.1, -0.05) is 13.8 Å². The smallest absolute Gasteiger partial charge is 0.236 e. The molecular weight excluding hydrogens is 202 g/mol. The van der Waals surface area contributed by atoms with E-state index in [0.29, 0.717) is 25.6 Å². The number of nitrogens with zero attached hydrogens (tertiary/aromatic N) is 3.